The van der Waals surface area contributed by atoms with Crippen LogP contribution in [0.1, 0.15) is 21.8 Å². The molecule has 0 unspecified atom stereocenters. The third kappa shape index (κ3) is 4.68. The normalized spacial score (nSPS) is 10.4. The first-order valence-corrected chi connectivity index (χ1v) is 7.33. The molecule has 0 saturated carbocycles. The highest BCUT2D eigenvalue weighted by molar-refractivity contribution is 7.09. The Hall–Kier alpha value is -2.21. The molecular weight excluding hydrogens is 288 g/mol. The van der Waals surface area contributed by atoms with Gasteiger partial charge < -0.3 is 10.4 Å². The molecule has 0 aliphatic rings. The van der Waals surface area contributed by atoms with Crippen molar-refractivity contribution in [3.05, 3.63) is 45.4 Å². The molecular formula is C15H16N2O3S. The molecule has 0 atom stereocenters. The van der Waals surface area contributed by atoms with Gasteiger partial charge in [0.1, 0.15) is 5.01 Å². The van der Waals surface area contributed by atoms with Crippen molar-refractivity contribution in [2.75, 3.05) is 5.32 Å². The van der Waals surface area contributed by atoms with Crippen LogP contribution in [-0.2, 0) is 22.4 Å². The van der Waals surface area contributed by atoms with Crippen molar-refractivity contribution in [2.24, 2.45) is 0 Å². The Kier molecular flexibility index (Phi) is 4.70. The zero-order valence-corrected chi connectivity index (χ0v) is 12.7. The maximum atomic E-state index is 12.0. The highest BCUT2D eigenvalue weighted by Gasteiger charge is 2.10. The second kappa shape index (κ2) is 6.49. The number of carbonyl (C=O) groups is 2. The van der Waals surface area contributed by atoms with E-state index < -0.39 is 5.97 Å². The summed E-state index contributed by atoms with van der Waals surface area (Å²) < 4.78 is 0. The van der Waals surface area contributed by atoms with Gasteiger partial charge in [-0.15, -0.1) is 11.3 Å². The molecule has 1 heterocycles. The fraction of sp³-hybridized carbons (Fsp3) is 0.267. The van der Waals surface area contributed by atoms with Crippen molar-refractivity contribution in [1.82, 2.24) is 4.98 Å². The Bertz CT molecular complexity index is 659. The molecule has 110 valence electrons. The van der Waals surface area contributed by atoms with E-state index in [0.717, 1.165) is 16.8 Å². The fourth-order valence-electron chi connectivity index (χ4n) is 2.06. The van der Waals surface area contributed by atoms with Gasteiger partial charge in [-0.05, 0) is 37.1 Å². The van der Waals surface area contributed by atoms with E-state index in [-0.39, 0.29) is 18.7 Å². The highest BCUT2D eigenvalue weighted by atomic mass is 32.1. The summed E-state index contributed by atoms with van der Waals surface area (Å²) in [5.41, 5.74) is 3.42. The van der Waals surface area contributed by atoms with Gasteiger partial charge in [0, 0.05) is 11.1 Å². The topological polar surface area (TPSA) is 79.3 Å². The number of carboxylic acid groups (broad SMARTS) is 1. The summed E-state index contributed by atoms with van der Waals surface area (Å²) in [7, 11) is 0. The molecule has 6 heteroatoms. The number of aromatic nitrogens is 1. The summed E-state index contributed by atoms with van der Waals surface area (Å²) in [6.07, 6.45) is 0.0342. The lowest BCUT2D eigenvalue weighted by atomic mass is 10.1. The van der Waals surface area contributed by atoms with Gasteiger partial charge >= 0.3 is 5.97 Å². The molecule has 0 aliphatic carbocycles. The van der Waals surface area contributed by atoms with E-state index in [0.29, 0.717) is 10.7 Å². The number of anilines is 1. The molecule has 21 heavy (non-hydrogen) atoms. The Balaban J connectivity index is 1.98. The minimum atomic E-state index is -0.925. The molecule has 1 amide bonds. The number of amides is 1. The number of aryl methyl sites for hydroxylation is 2. The molecule has 0 aliphatic heterocycles. The first kappa shape index (κ1) is 15.2. The predicted octanol–water partition coefficient (Wildman–Crippen LogP) is 2.57. The molecule has 0 bridgehead atoms. The second-order valence-corrected chi connectivity index (χ2v) is 5.85. The number of hydrogen-bond acceptors (Lipinski definition) is 4. The van der Waals surface area contributed by atoms with E-state index in [1.54, 1.807) is 5.38 Å². The molecule has 1 aromatic carbocycles. The number of thiazole rings is 1. The summed E-state index contributed by atoms with van der Waals surface area (Å²) in [5.74, 6) is -1.08. The van der Waals surface area contributed by atoms with Gasteiger partial charge in [-0.1, -0.05) is 6.07 Å². The number of nitrogens with zero attached hydrogens (tertiary/aromatic N) is 1. The van der Waals surface area contributed by atoms with Gasteiger partial charge in [0.25, 0.3) is 0 Å². The Morgan fingerprint density at radius 1 is 1.19 bits per heavy atom. The molecule has 2 aromatic rings. The smallest absolute Gasteiger partial charge is 0.309 e. The van der Waals surface area contributed by atoms with Crippen LogP contribution in [0.5, 0.6) is 0 Å². The molecule has 0 radical (unpaired) electrons. The third-order valence-corrected chi connectivity index (χ3v) is 3.65. The van der Waals surface area contributed by atoms with Crippen molar-refractivity contribution in [3.8, 4) is 0 Å². The van der Waals surface area contributed by atoms with Crippen LogP contribution in [0.3, 0.4) is 0 Å². The number of aliphatic carboxylic acids is 1. The van der Waals surface area contributed by atoms with Crippen molar-refractivity contribution >= 4 is 28.9 Å². The fourth-order valence-corrected chi connectivity index (χ4v) is 2.85. The van der Waals surface area contributed by atoms with Crippen LogP contribution in [0.15, 0.2) is 23.6 Å². The number of carboxylic acids is 1. The van der Waals surface area contributed by atoms with Crippen LogP contribution in [0.25, 0.3) is 0 Å². The van der Waals surface area contributed by atoms with Gasteiger partial charge in [-0.25, -0.2) is 4.98 Å². The van der Waals surface area contributed by atoms with Gasteiger partial charge in [0.2, 0.25) is 5.91 Å². The van der Waals surface area contributed by atoms with Gasteiger partial charge in [0.05, 0.1) is 18.5 Å². The van der Waals surface area contributed by atoms with Crippen LogP contribution in [0.4, 0.5) is 5.69 Å². The van der Waals surface area contributed by atoms with E-state index in [9.17, 15) is 9.59 Å². The minimum absolute atomic E-state index is 0.116. The first-order valence-electron chi connectivity index (χ1n) is 6.45. The number of rotatable bonds is 5. The molecule has 2 N–H and O–H groups in total. The monoisotopic (exact) mass is 304 g/mol. The van der Waals surface area contributed by atoms with Crippen LogP contribution < -0.4 is 5.32 Å². The Morgan fingerprint density at radius 3 is 2.48 bits per heavy atom. The van der Waals surface area contributed by atoms with E-state index >= 15 is 0 Å². The average Bonchev–Trinajstić information content (AvgIpc) is 2.73. The first-order chi connectivity index (χ1) is 9.92. The second-order valence-electron chi connectivity index (χ2n) is 4.90. The zero-order chi connectivity index (χ0) is 15.4. The van der Waals surface area contributed by atoms with Crippen LogP contribution in [-0.4, -0.2) is 22.0 Å². The van der Waals surface area contributed by atoms with Crippen LogP contribution >= 0.6 is 11.3 Å². The Morgan fingerprint density at radius 2 is 1.86 bits per heavy atom. The predicted molar refractivity (Wildman–Crippen MR) is 81.7 cm³/mol. The van der Waals surface area contributed by atoms with Gasteiger partial charge in [-0.3, -0.25) is 9.59 Å². The maximum Gasteiger partial charge on any atom is 0.309 e. The van der Waals surface area contributed by atoms with Crippen molar-refractivity contribution in [2.45, 2.75) is 26.7 Å². The molecule has 0 saturated heterocycles. The minimum Gasteiger partial charge on any atom is -0.481 e. The van der Waals surface area contributed by atoms with E-state index in [1.165, 1.54) is 11.3 Å². The standard InChI is InChI=1S/C15H16N2O3S/c1-9-3-10(2)5-11(4-9)16-13(18)7-14-17-12(8-21-14)6-15(19)20/h3-5,8H,6-7H2,1-2H3,(H,16,18)(H,19,20). The molecule has 2 rings (SSSR count). The van der Waals surface area contributed by atoms with Crippen molar-refractivity contribution in [1.29, 1.82) is 0 Å². The molecule has 5 nitrogen and oxygen atoms in total. The SMILES string of the molecule is Cc1cc(C)cc(NC(=O)Cc2nc(CC(=O)O)cs2)c1. The largest absolute Gasteiger partial charge is 0.481 e. The summed E-state index contributed by atoms with van der Waals surface area (Å²) >= 11 is 1.30. The Labute approximate surface area is 126 Å². The van der Waals surface area contributed by atoms with Crippen molar-refractivity contribution < 1.29 is 14.7 Å². The summed E-state index contributed by atoms with van der Waals surface area (Å²) in [6, 6.07) is 5.85. The zero-order valence-electron chi connectivity index (χ0n) is 11.8. The summed E-state index contributed by atoms with van der Waals surface area (Å²) in [5, 5.41) is 13.8. The maximum absolute atomic E-state index is 12.0. The van der Waals surface area contributed by atoms with E-state index in [1.807, 2.05) is 32.0 Å². The van der Waals surface area contributed by atoms with Gasteiger partial charge in [-0.2, -0.15) is 0 Å². The lowest BCUT2D eigenvalue weighted by molar-refractivity contribution is -0.136. The third-order valence-electron chi connectivity index (χ3n) is 2.75. The number of hydrogen-bond donors (Lipinski definition) is 2. The number of carbonyl (C=O) groups excluding carboxylic acids is 1. The molecule has 0 fully saturated rings. The number of benzene rings is 1. The molecule has 0 spiro atoms. The van der Waals surface area contributed by atoms with E-state index in [4.69, 9.17) is 5.11 Å². The summed E-state index contributed by atoms with van der Waals surface area (Å²) in [6.45, 7) is 3.95. The quantitative estimate of drug-likeness (QED) is 0.889. The lowest BCUT2D eigenvalue weighted by Crippen LogP contribution is -2.14. The molecule has 1 aromatic heterocycles. The summed E-state index contributed by atoms with van der Waals surface area (Å²) in [4.78, 5) is 26.7. The average molecular weight is 304 g/mol. The van der Waals surface area contributed by atoms with Crippen LogP contribution in [0, 0.1) is 13.8 Å². The van der Waals surface area contributed by atoms with Crippen LogP contribution in [0.2, 0.25) is 0 Å². The number of nitrogens with one attached hydrogen (secondary N) is 1. The van der Waals surface area contributed by atoms with E-state index in [2.05, 4.69) is 10.3 Å². The van der Waals surface area contributed by atoms with Crippen molar-refractivity contribution in [3.63, 3.8) is 0 Å². The lowest BCUT2D eigenvalue weighted by Gasteiger charge is -2.06. The highest BCUT2D eigenvalue weighted by Crippen LogP contribution is 2.15. The van der Waals surface area contributed by atoms with Gasteiger partial charge in [0.15, 0.2) is 0 Å².